The lowest BCUT2D eigenvalue weighted by Crippen LogP contribution is -2.44. The first kappa shape index (κ1) is 19.0. The Hall–Kier alpha value is -3.74. The lowest BCUT2D eigenvalue weighted by atomic mass is 10.0. The van der Waals surface area contributed by atoms with E-state index >= 15 is 0 Å². The molecule has 1 aromatic carbocycles. The monoisotopic (exact) mass is 425 g/mol. The highest BCUT2D eigenvalue weighted by molar-refractivity contribution is 5.99. The Morgan fingerprint density at radius 3 is 2.75 bits per heavy atom. The number of imidazole rings is 1. The summed E-state index contributed by atoms with van der Waals surface area (Å²) in [7, 11) is 0. The maximum Gasteiger partial charge on any atom is 0.265 e. The molecular formula is C25H23N5O2. The van der Waals surface area contributed by atoms with E-state index < -0.39 is 0 Å². The second-order valence-corrected chi connectivity index (χ2v) is 8.46. The van der Waals surface area contributed by atoms with Crippen LogP contribution >= 0.6 is 0 Å². The molecule has 1 aliphatic heterocycles. The van der Waals surface area contributed by atoms with Crippen molar-refractivity contribution in [3.8, 4) is 28.3 Å². The van der Waals surface area contributed by atoms with Crippen LogP contribution in [-0.2, 0) is 4.79 Å². The van der Waals surface area contributed by atoms with E-state index in [1.165, 1.54) is 0 Å². The van der Waals surface area contributed by atoms with E-state index in [0.717, 1.165) is 65.3 Å². The van der Waals surface area contributed by atoms with Crippen LogP contribution in [0.15, 0.2) is 55.0 Å². The van der Waals surface area contributed by atoms with Crippen molar-refractivity contribution >= 4 is 17.4 Å². The molecule has 0 bridgehead atoms. The van der Waals surface area contributed by atoms with Crippen molar-refractivity contribution in [2.75, 3.05) is 11.5 Å². The summed E-state index contributed by atoms with van der Waals surface area (Å²) in [5.74, 6) is 1.42. The number of benzene rings is 1. The molecule has 0 spiro atoms. The Kier molecular flexibility index (Phi) is 4.41. The average molecular weight is 425 g/mol. The first-order valence-corrected chi connectivity index (χ1v) is 11.0. The number of nitrogens with zero attached hydrogens (tertiary/aromatic N) is 5. The number of aryl methyl sites for hydroxylation is 1. The second kappa shape index (κ2) is 7.44. The Morgan fingerprint density at radius 2 is 1.91 bits per heavy atom. The SMILES string of the molecule is Cc1cc(-c2nc3ncccn3c2-c2ccc3c(c2)N(C2CCCC2)C(=O)CO3)ccn1. The van der Waals surface area contributed by atoms with Gasteiger partial charge in [0.15, 0.2) is 6.61 Å². The van der Waals surface area contributed by atoms with Gasteiger partial charge in [-0.2, -0.15) is 0 Å². The molecular weight excluding hydrogens is 402 g/mol. The van der Waals surface area contributed by atoms with Gasteiger partial charge in [-0.1, -0.05) is 12.8 Å². The Bertz CT molecular complexity index is 1340. The fourth-order valence-electron chi connectivity index (χ4n) is 4.94. The first-order chi connectivity index (χ1) is 15.7. The van der Waals surface area contributed by atoms with E-state index in [4.69, 9.17) is 9.72 Å². The van der Waals surface area contributed by atoms with E-state index in [2.05, 4.69) is 16.0 Å². The molecule has 4 aromatic rings. The van der Waals surface area contributed by atoms with Crippen LogP contribution in [0.25, 0.3) is 28.3 Å². The number of hydrogen-bond acceptors (Lipinski definition) is 5. The van der Waals surface area contributed by atoms with Crippen LogP contribution in [0.5, 0.6) is 5.75 Å². The number of amides is 1. The molecule has 6 rings (SSSR count). The third-order valence-corrected chi connectivity index (χ3v) is 6.38. The summed E-state index contributed by atoms with van der Waals surface area (Å²) in [6.45, 7) is 2.07. The van der Waals surface area contributed by atoms with Crippen LogP contribution in [-0.4, -0.2) is 37.9 Å². The Morgan fingerprint density at radius 1 is 1.03 bits per heavy atom. The Balaban J connectivity index is 1.56. The number of carbonyl (C=O) groups excluding carboxylic acids is 1. The smallest absolute Gasteiger partial charge is 0.265 e. The fourth-order valence-corrected chi connectivity index (χ4v) is 4.94. The van der Waals surface area contributed by atoms with Gasteiger partial charge >= 0.3 is 0 Å². The van der Waals surface area contributed by atoms with Gasteiger partial charge in [0, 0.05) is 41.5 Å². The number of hydrogen-bond donors (Lipinski definition) is 0. The van der Waals surface area contributed by atoms with Crippen LogP contribution in [0.2, 0.25) is 0 Å². The summed E-state index contributed by atoms with van der Waals surface area (Å²) >= 11 is 0. The Labute approximate surface area is 185 Å². The van der Waals surface area contributed by atoms with Crippen LogP contribution < -0.4 is 9.64 Å². The van der Waals surface area contributed by atoms with Gasteiger partial charge in [0.1, 0.15) is 5.75 Å². The topological polar surface area (TPSA) is 72.6 Å². The molecule has 160 valence electrons. The zero-order valence-electron chi connectivity index (χ0n) is 17.9. The van der Waals surface area contributed by atoms with Crippen molar-refractivity contribution in [2.45, 2.75) is 38.6 Å². The largest absolute Gasteiger partial charge is 0.482 e. The number of pyridine rings is 1. The highest BCUT2D eigenvalue weighted by atomic mass is 16.5. The lowest BCUT2D eigenvalue weighted by molar-refractivity contribution is -0.121. The van der Waals surface area contributed by atoms with Crippen molar-refractivity contribution in [2.24, 2.45) is 0 Å². The van der Waals surface area contributed by atoms with Crippen LogP contribution in [0.4, 0.5) is 5.69 Å². The summed E-state index contributed by atoms with van der Waals surface area (Å²) in [6, 6.07) is 12.2. The number of anilines is 1. The predicted octanol–water partition coefficient (Wildman–Crippen LogP) is 4.43. The quantitative estimate of drug-likeness (QED) is 0.485. The predicted molar refractivity (Wildman–Crippen MR) is 122 cm³/mol. The van der Waals surface area contributed by atoms with Crippen molar-refractivity contribution < 1.29 is 9.53 Å². The molecule has 0 atom stereocenters. The molecule has 3 aromatic heterocycles. The highest BCUT2D eigenvalue weighted by Crippen LogP contribution is 2.41. The molecule has 2 aliphatic rings. The molecule has 0 N–H and O–H groups in total. The molecule has 1 amide bonds. The van der Waals surface area contributed by atoms with Gasteiger partial charge in [-0.25, -0.2) is 9.97 Å². The van der Waals surface area contributed by atoms with Crippen LogP contribution in [0, 0.1) is 6.92 Å². The van der Waals surface area contributed by atoms with Crippen LogP contribution in [0.3, 0.4) is 0 Å². The minimum Gasteiger partial charge on any atom is -0.482 e. The van der Waals surface area contributed by atoms with Gasteiger partial charge in [-0.15, -0.1) is 0 Å². The van der Waals surface area contributed by atoms with Crippen molar-refractivity contribution in [1.29, 1.82) is 0 Å². The van der Waals surface area contributed by atoms with E-state index in [-0.39, 0.29) is 18.6 Å². The van der Waals surface area contributed by atoms with Gasteiger partial charge in [-0.3, -0.25) is 14.2 Å². The van der Waals surface area contributed by atoms with Crippen LogP contribution in [0.1, 0.15) is 31.4 Å². The average Bonchev–Trinajstić information content (AvgIpc) is 3.47. The molecule has 1 fully saturated rings. The number of rotatable bonds is 3. The van der Waals surface area contributed by atoms with Gasteiger partial charge < -0.3 is 9.64 Å². The minimum atomic E-state index is 0.0336. The second-order valence-electron chi connectivity index (χ2n) is 8.46. The summed E-state index contributed by atoms with van der Waals surface area (Å²) in [5, 5.41) is 0. The summed E-state index contributed by atoms with van der Waals surface area (Å²) in [5.41, 5.74) is 5.50. The first-order valence-electron chi connectivity index (χ1n) is 11.0. The standard InChI is InChI=1S/C25H23N5O2/c1-16-13-17(9-11-26-16)23-24(29-12-4-10-27-25(29)28-23)18-7-8-21-20(14-18)30(22(31)15-32-21)19-5-2-3-6-19/h4,7-14,19H,2-3,5-6,15H2,1H3. The van der Waals surface area contributed by atoms with Crippen molar-refractivity contribution in [3.05, 3.63) is 60.7 Å². The molecule has 7 heteroatoms. The fraction of sp³-hybridized carbons (Fsp3) is 0.280. The molecule has 32 heavy (non-hydrogen) atoms. The zero-order chi connectivity index (χ0) is 21.7. The number of fused-ring (bicyclic) bond motifs is 2. The summed E-state index contributed by atoms with van der Waals surface area (Å²) in [4.78, 5) is 28.4. The molecule has 0 saturated heterocycles. The highest BCUT2D eigenvalue weighted by Gasteiger charge is 2.34. The van der Waals surface area contributed by atoms with E-state index in [1.54, 1.807) is 12.4 Å². The van der Waals surface area contributed by atoms with Gasteiger partial charge in [0.2, 0.25) is 5.78 Å². The zero-order valence-corrected chi connectivity index (χ0v) is 17.9. The molecule has 1 saturated carbocycles. The van der Waals surface area contributed by atoms with E-state index in [0.29, 0.717) is 5.78 Å². The summed E-state index contributed by atoms with van der Waals surface area (Å²) in [6.07, 6.45) is 9.91. The molecule has 0 radical (unpaired) electrons. The van der Waals surface area contributed by atoms with Gasteiger partial charge in [0.25, 0.3) is 5.91 Å². The molecule has 7 nitrogen and oxygen atoms in total. The number of ether oxygens (including phenoxy) is 1. The third-order valence-electron chi connectivity index (χ3n) is 6.38. The third kappa shape index (κ3) is 3.04. The van der Waals surface area contributed by atoms with E-state index in [1.807, 2.05) is 52.8 Å². The van der Waals surface area contributed by atoms with E-state index in [9.17, 15) is 4.79 Å². The lowest BCUT2D eigenvalue weighted by Gasteiger charge is -2.34. The molecule has 4 heterocycles. The minimum absolute atomic E-state index is 0.0336. The molecule has 0 unspecified atom stereocenters. The van der Waals surface area contributed by atoms with Crippen molar-refractivity contribution in [1.82, 2.24) is 19.4 Å². The maximum absolute atomic E-state index is 12.8. The molecule has 1 aliphatic carbocycles. The van der Waals surface area contributed by atoms with Gasteiger partial charge in [0.05, 0.1) is 17.1 Å². The summed E-state index contributed by atoms with van der Waals surface area (Å²) < 4.78 is 7.78. The van der Waals surface area contributed by atoms with Crippen molar-refractivity contribution in [3.63, 3.8) is 0 Å². The normalized spacial score (nSPS) is 16.4. The number of carbonyl (C=O) groups is 1. The van der Waals surface area contributed by atoms with Gasteiger partial charge in [-0.05, 0) is 56.2 Å². The maximum atomic E-state index is 12.8. The number of aromatic nitrogens is 4.